The lowest BCUT2D eigenvalue weighted by Gasteiger charge is -2.27. The minimum absolute atomic E-state index is 0.0448. The van der Waals surface area contributed by atoms with Crippen LogP contribution in [-0.4, -0.2) is 76.1 Å². The van der Waals surface area contributed by atoms with Gasteiger partial charge in [0.2, 0.25) is 5.91 Å². The Kier molecular flexibility index (Phi) is 10.6. The number of aromatic nitrogens is 2. The van der Waals surface area contributed by atoms with Crippen molar-refractivity contribution >= 4 is 33.7 Å². The number of carbonyl (C=O) groups is 3. The van der Waals surface area contributed by atoms with Crippen LogP contribution in [0.1, 0.15) is 61.8 Å². The Morgan fingerprint density at radius 2 is 1.77 bits per heavy atom. The number of methoxy groups -OCH3 is 1. The lowest BCUT2D eigenvalue weighted by molar-refractivity contribution is -0.149. The number of ether oxygens (including phenoxy) is 2. The fourth-order valence-electron chi connectivity index (χ4n) is 5.20. The van der Waals surface area contributed by atoms with Crippen LogP contribution in [0.5, 0.6) is 11.5 Å². The number of carbonyl (C=O) groups excluding carboxylic acids is 2. The van der Waals surface area contributed by atoms with Gasteiger partial charge in [-0.2, -0.15) is 8.42 Å². The molecular weight excluding hydrogens is 592 g/mol. The number of likely N-dealkylation sites (tertiary alicyclic amines) is 1. The third-order valence-electron chi connectivity index (χ3n) is 7.42. The molecule has 0 aliphatic carbocycles. The summed E-state index contributed by atoms with van der Waals surface area (Å²) in [5.41, 5.74) is -0.277. The van der Waals surface area contributed by atoms with Crippen LogP contribution in [0.4, 0.5) is 5.82 Å². The summed E-state index contributed by atoms with van der Waals surface area (Å²) in [7, 11) is -3.11. The molecule has 1 fully saturated rings. The average molecular weight is 629 g/mol. The van der Waals surface area contributed by atoms with Gasteiger partial charge in [0.15, 0.2) is 5.82 Å². The van der Waals surface area contributed by atoms with Crippen molar-refractivity contribution in [2.24, 2.45) is 0 Å². The molecule has 0 unspecified atom stereocenters. The molecule has 3 N–H and O–H groups in total. The number of hydrogen-bond acceptors (Lipinski definition) is 8. The molecule has 0 radical (unpaired) electrons. The number of imidazole rings is 1. The summed E-state index contributed by atoms with van der Waals surface area (Å²) in [5.74, 6) is -1.16. The molecule has 0 spiro atoms. The number of carboxylic acids is 1. The molecular formula is C30H36N4O9S. The Morgan fingerprint density at radius 3 is 2.43 bits per heavy atom. The molecule has 4 rings (SSSR count). The third-order valence-corrected chi connectivity index (χ3v) is 8.33. The van der Waals surface area contributed by atoms with Crippen LogP contribution in [0.3, 0.4) is 0 Å². The standard InChI is InChI=1S/C30H36N4O9S/c1-3-4-5-6-10-24(33-18-27(31-19-33)32-28(35)23-9-7-8-11-26(23)44(39,40)41)29(36)34-17-22(16-25(34)30(37)38)43-21-14-12-20(42-2)13-15-21/h7-9,11-15,18-19,22,24-25H,3-6,10,16-17H2,1-2H3,(H,32,35)(H,37,38)(H,39,40,41)/t22-,24+,25-/m0/s1. The topological polar surface area (TPSA) is 177 Å². The zero-order valence-electron chi connectivity index (χ0n) is 24.5. The highest BCUT2D eigenvalue weighted by Gasteiger charge is 2.43. The maximum absolute atomic E-state index is 14.0. The van der Waals surface area contributed by atoms with Gasteiger partial charge in [-0.25, -0.2) is 9.78 Å². The van der Waals surface area contributed by atoms with Crippen LogP contribution >= 0.6 is 0 Å². The minimum atomic E-state index is -4.66. The summed E-state index contributed by atoms with van der Waals surface area (Å²) in [6.45, 7) is 2.14. The van der Waals surface area contributed by atoms with Gasteiger partial charge in [0.25, 0.3) is 16.0 Å². The quantitative estimate of drug-likeness (QED) is 0.174. The van der Waals surface area contributed by atoms with Gasteiger partial charge >= 0.3 is 5.97 Å². The second-order valence-corrected chi connectivity index (χ2v) is 11.9. The van der Waals surface area contributed by atoms with Crippen molar-refractivity contribution in [2.75, 3.05) is 19.0 Å². The summed E-state index contributed by atoms with van der Waals surface area (Å²) in [5, 5.41) is 12.5. The van der Waals surface area contributed by atoms with Crippen LogP contribution in [0, 0.1) is 0 Å². The van der Waals surface area contributed by atoms with Crippen LogP contribution in [0.15, 0.2) is 66.0 Å². The Hall–Kier alpha value is -4.43. The van der Waals surface area contributed by atoms with Crippen molar-refractivity contribution in [1.29, 1.82) is 0 Å². The van der Waals surface area contributed by atoms with Gasteiger partial charge in [-0.05, 0) is 42.8 Å². The summed E-state index contributed by atoms with van der Waals surface area (Å²) < 4.78 is 45.7. The molecule has 2 aromatic carbocycles. The van der Waals surface area contributed by atoms with E-state index in [-0.39, 0.29) is 24.3 Å². The van der Waals surface area contributed by atoms with Crippen molar-refractivity contribution in [3.8, 4) is 11.5 Å². The highest BCUT2D eigenvalue weighted by Crippen LogP contribution is 2.29. The van der Waals surface area contributed by atoms with E-state index in [9.17, 15) is 32.5 Å². The summed E-state index contributed by atoms with van der Waals surface area (Å²) in [6.07, 6.45) is 6.29. The Balaban J connectivity index is 1.54. The Morgan fingerprint density at radius 1 is 1.07 bits per heavy atom. The maximum Gasteiger partial charge on any atom is 0.326 e. The van der Waals surface area contributed by atoms with Gasteiger partial charge in [-0.1, -0.05) is 44.7 Å². The minimum Gasteiger partial charge on any atom is -0.497 e. The van der Waals surface area contributed by atoms with E-state index in [2.05, 4.69) is 17.2 Å². The number of aliphatic carboxylic acids is 1. The first-order chi connectivity index (χ1) is 21.0. The molecule has 14 heteroatoms. The number of nitrogens with one attached hydrogen (secondary N) is 1. The molecule has 2 heterocycles. The number of benzene rings is 2. The van der Waals surface area contributed by atoms with E-state index in [4.69, 9.17) is 9.47 Å². The lowest BCUT2D eigenvalue weighted by Crippen LogP contribution is -2.44. The van der Waals surface area contributed by atoms with E-state index in [1.54, 1.807) is 31.4 Å². The first-order valence-electron chi connectivity index (χ1n) is 14.3. The SMILES string of the molecule is CCCCCC[C@H](C(=O)N1C[C@@H](Oc2ccc(OC)cc2)C[C@H]1C(=O)O)n1cnc(NC(=O)c2ccccc2S(=O)(=O)O)c1. The number of carboxylic acid groups (broad SMARTS) is 1. The smallest absolute Gasteiger partial charge is 0.326 e. The second-order valence-electron chi connectivity index (χ2n) is 10.5. The second kappa shape index (κ2) is 14.4. The molecule has 3 atom stereocenters. The van der Waals surface area contributed by atoms with E-state index in [1.165, 1.54) is 40.2 Å². The molecule has 1 aromatic heterocycles. The van der Waals surface area contributed by atoms with Crippen molar-refractivity contribution in [2.45, 2.75) is 68.5 Å². The first-order valence-corrected chi connectivity index (χ1v) is 15.7. The van der Waals surface area contributed by atoms with Crippen LogP contribution in [0.2, 0.25) is 0 Å². The molecule has 0 bridgehead atoms. The zero-order chi connectivity index (χ0) is 31.9. The van der Waals surface area contributed by atoms with Crippen molar-refractivity contribution in [3.63, 3.8) is 0 Å². The van der Waals surface area contributed by atoms with E-state index in [1.807, 2.05) is 0 Å². The number of rotatable bonds is 14. The highest BCUT2D eigenvalue weighted by atomic mass is 32.2. The molecule has 1 aliphatic heterocycles. The number of nitrogens with zero attached hydrogens (tertiary/aromatic N) is 3. The van der Waals surface area contributed by atoms with Crippen LogP contribution in [0.25, 0.3) is 0 Å². The molecule has 2 amide bonds. The molecule has 236 valence electrons. The van der Waals surface area contributed by atoms with E-state index < -0.39 is 51.0 Å². The number of hydrogen-bond donors (Lipinski definition) is 3. The molecule has 0 saturated carbocycles. The highest BCUT2D eigenvalue weighted by molar-refractivity contribution is 7.86. The van der Waals surface area contributed by atoms with Gasteiger partial charge in [0, 0.05) is 12.6 Å². The largest absolute Gasteiger partial charge is 0.497 e. The molecule has 3 aromatic rings. The van der Waals surface area contributed by atoms with Crippen molar-refractivity contribution in [3.05, 3.63) is 66.6 Å². The van der Waals surface area contributed by atoms with Crippen molar-refractivity contribution in [1.82, 2.24) is 14.5 Å². The van der Waals surface area contributed by atoms with E-state index in [0.717, 1.165) is 25.3 Å². The van der Waals surface area contributed by atoms with E-state index >= 15 is 0 Å². The van der Waals surface area contributed by atoms with Gasteiger partial charge < -0.3 is 29.4 Å². The normalized spacial score (nSPS) is 17.2. The van der Waals surface area contributed by atoms with Gasteiger partial charge in [0.1, 0.15) is 34.6 Å². The number of unbranched alkanes of at least 4 members (excludes halogenated alkanes) is 3. The fourth-order valence-corrected chi connectivity index (χ4v) is 5.89. The van der Waals surface area contributed by atoms with Crippen LogP contribution < -0.4 is 14.8 Å². The molecule has 1 aliphatic rings. The maximum atomic E-state index is 14.0. The zero-order valence-corrected chi connectivity index (χ0v) is 25.3. The average Bonchev–Trinajstić information content (AvgIpc) is 3.64. The predicted octanol–water partition coefficient (Wildman–Crippen LogP) is 4.04. The van der Waals surface area contributed by atoms with Gasteiger partial charge in [-0.3, -0.25) is 14.1 Å². The van der Waals surface area contributed by atoms with Crippen LogP contribution in [-0.2, 0) is 19.7 Å². The Bertz CT molecular complexity index is 1570. The third kappa shape index (κ3) is 7.94. The number of anilines is 1. The fraction of sp³-hybridized carbons (Fsp3) is 0.400. The summed E-state index contributed by atoms with van der Waals surface area (Å²) >= 11 is 0. The molecule has 13 nitrogen and oxygen atoms in total. The monoisotopic (exact) mass is 628 g/mol. The number of amides is 2. The predicted molar refractivity (Wildman–Crippen MR) is 159 cm³/mol. The molecule has 44 heavy (non-hydrogen) atoms. The molecule has 1 saturated heterocycles. The van der Waals surface area contributed by atoms with E-state index in [0.29, 0.717) is 24.3 Å². The summed E-state index contributed by atoms with van der Waals surface area (Å²) in [4.78, 5) is 44.0. The Labute approximate surface area is 255 Å². The summed E-state index contributed by atoms with van der Waals surface area (Å²) in [6, 6.07) is 10.2. The van der Waals surface area contributed by atoms with Gasteiger partial charge in [-0.15, -0.1) is 0 Å². The first kappa shape index (κ1) is 32.5. The lowest BCUT2D eigenvalue weighted by atomic mass is 10.1. The van der Waals surface area contributed by atoms with Crippen molar-refractivity contribution < 1.29 is 41.9 Å². The van der Waals surface area contributed by atoms with Gasteiger partial charge in [0.05, 0.1) is 25.5 Å².